The summed E-state index contributed by atoms with van der Waals surface area (Å²) < 4.78 is 14.6. The number of hydrogen-bond donors (Lipinski definition) is 2. The Morgan fingerprint density at radius 2 is 1.94 bits per heavy atom. The van der Waals surface area contributed by atoms with Crippen LogP contribution in [-0.2, 0) is 13.5 Å². The molecule has 4 rings (SSSR count). The van der Waals surface area contributed by atoms with Gasteiger partial charge < -0.3 is 15.5 Å². The fraction of sp³-hybridized carbons (Fsp3) is 0.417. The third-order valence-electron chi connectivity index (χ3n) is 6.08. The number of aryl methyl sites for hydroxylation is 1. The number of nitrogens with one attached hydrogen (secondary N) is 2. The number of amides is 2. The quantitative estimate of drug-likeness (QED) is 0.512. The number of carbonyl (C=O) groups is 1. The minimum Gasteiger partial charge on any atom is -0.338 e. The predicted octanol–water partition coefficient (Wildman–Crippen LogP) is 3.48. The molecule has 2 aromatic carbocycles. The molecule has 1 fully saturated rings. The number of piperidine rings is 1. The van der Waals surface area contributed by atoms with Crippen LogP contribution in [0.15, 0.2) is 48.5 Å². The molecule has 1 saturated heterocycles. The molecule has 3 aromatic rings. The Labute approximate surface area is 193 Å². The van der Waals surface area contributed by atoms with Gasteiger partial charge in [-0.3, -0.25) is 0 Å². The lowest BCUT2D eigenvalue weighted by atomic mass is 9.90. The van der Waals surface area contributed by atoms with E-state index in [4.69, 9.17) is 0 Å². The van der Waals surface area contributed by atoms with Crippen molar-refractivity contribution in [2.24, 2.45) is 13.0 Å². The molecule has 8 nitrogen and oxygen atoms in total. The number of rotatable bonds is 8. The van der Waals surface area contributed by atoms with E-state index in [-0.39, 0.29) is 11.8 Å². The van der Waals surface area contributed by atoms with Gasteiger partial charge in [0.15, 0.2) is 5.82 Å². The molecule has 0 unspecified atom stereocenters. The molecule has 9 heteroatoms. The summed E-state index contributed by atoms with van der Waals surface area (Å²) in [6.07, 6.45) is 4.23. The zero-order valence-electron chi connectivity index (χ0n) is 18.9. The molecule has 0 spiro atoms. The summed E-state index contributed by atoms with van der Waals surface area (Å²) in [7, 11) is 1.77. The van der Waals surface area contributed by atoms with Gasteiger partial charge in [0.1, 0.15) is 5.82 Å². The highest BCUT2D eigenvalue weighted by Crippen LogP contribution is 2.22. The zero-order valence-corrected chi connectivity index (χ0v) is 18.9. The van der Waals surface area contributed by atoms with Crippen LogP contribution in [0.2, 0.25) is 0 Å². The number of carbonyl (C=O) groups excluding carboxylic acids is 1. The number of urea groups is 1. The van der Waals surface area contributed by atoms with Crippen molar-refractivity contribution >= 4 is 11.7 Å². The normalized spacial score (nSPS) is 14.8. The zero-order chi connectivity index (χ0) is 23.0. The van der Waals surface area contributed by atoms with E-state index in [0.717, 1.165) is 50.9 Å². The van der Waals surface area contributed by atoms with E-state index in [1.807, 2.05) is 36.4 Å². The molecule has 1 aliphatic rings. The van der Waals surface area contributed by atoms with Gasteiger partial charge in [-0.05, 0) is 91.5 Å². The Hall–Kier alpha value is -3.33. The molecule has 0 radical (unpaired) electrons. The minimum atomic E-state index is -0.221. The third-order valence-corrected chi connectivity index (χ3v) is 6.08. The second-order valence-electron chi connectivity index (χ2n) is 8.56. The Kier molecular flexibility index (Phi) is 7.62. The number of nitrogens with zero attached hydrogens (tertiary/aromatic N) is 5. The fourth-order valence-corrected chi connectivity index (χ4v) is 4.26. The molecule has 0 bridgehead atoms. The van der Waals surface area contributed by atoms with E-state index in [9.17, 15) is 9.18 Å². The Bertz CT molecular complexity index is 1040. The molecule has 2 heterocycles. The maximum atomic E-state index is 13.1. The lowest BCUT2D eigenvalue weighted by Crippen LogP contribution is -2.37. The van der Waals surface area contributed by atoms with Crippen molar-refractivity contribution in [1.29, 1.82) is 0 Å². The lowest BCUT2D eigenvalue weighted by Gasteiger charge is -2.32. The van der Waals surface area contributed by atoms with E-state index in [2.05, 4.69) is 31.1 Å². The fourth-order valence-electron chi connectivity index (χ4n) is 4.26. The van der Waals surface area contributed by atoms with Crippen LogP contribution < -0.4 is 10.6 Å². The highest BCUT2D eigenvalue weighted by atomic mass is 19.1. The number of benzene rings is 2. The van der Waals surface area contributed by atoms with Crippen molar-refractivity contribution in [2.75, 3.05) is 31.5 Å². The summed E-state index contributed by atoms with van der Waals surface area (Å²) in [5.41, 5.74) is 2.74. The second-order valence-corrected chi connectivity index (χ2v) is 8.56. The monoisotopic (exact) mass is 451 g/mol. The third kappa shape index (κ3) is 6.58. The number of halogens is 1. The first-order chi connectivity index (χ1) is 16.1. The van der Waals surface area contributed by atoms with Crippen LogP contribution in [0.25, 0.3) is 11.4 Å². The summed E-state index contributed by atoms with van der Waals surface area (Å²) in [6.45, 7) is 3.73. The Morgan fingerprint density at radius 3 is 2.67 bits per heavy atom. The lowest BCUT2D eigenvalue weighted by molar-refractivity contribution is 0.182. The van der Waals surface area contributed by atoms with Crippen molar-refractivity contribution in [3.05, 3.63) is 59.9 Å². The highest BCUT2D eigenvalue weighted by Gasteiger charge is 2.19. The van der Waals surface area contributed by atoms with E-state index < -0.39 is 0 Å². The van der Waals surface area contributed by atoms with Crippen LogP contribution in [0.1, 0.15) is 24.8 Å². The molecular formula is C24H30FN7O. The highest BCUT2D eigenvalue weighted by molar-refractivity contribution is 5.89. The van der Waals surface area contributed by atoms with E-state index in [0.29, 0.717) is 24.0 Å². The first-order valence-electron chi connectivity index (χ1n) is 11.4. The number of tetrazole rings is 1. The SMILES string of the molecule is Cn1nnnc1-c1cccc(NC(=O)NCCCN2CCC(Cc3ccc(F)cc3)CC2)c1. The average Bonchev–Trinajstić information content (AvgIpc) is 3.25. The van der Waals surface area contributed by atoms with Gasteiger partial charge in [0.05, 0.1) is 0 Å². The van der Waals surface area contributed by atoms with E-state index >= 15 is 0 Å². The molecule has 1 aromatic heterocycles. The second kappa shape index (κ2) is 11.0. The van der Waals surface area contributed by atoms with E-state index in [1.54, 1.807) is 23.9 Å². The number of anilines is 1. The molecule has 2 amide bonds. The summed E-state index contributed by atoms with van der Waals surface area (Å²) in [6, 6.07) is 14.1. The van der Waals surface area contributed by atoms with Crippen LogP contribution in [0.3, 0.4) is 0 Å². The average molecular weight is 452 g/mol. The number of aromatic nitrogens is 4. The smallest absolute Gasteiger partial charge is 0.319 e. The molecule has 174 valence electrons. The molecule has 0 saturated carbocycles. The summed E-state index contributed by atoms with van der Waals surface area (Å²) >= 11 is 0. The Balaban J connectivity index is 1.13. The van der Waals surface area contributed by atoms with Gasteiger partial charge >= 0.3 is 6.03 Å². The van der Waals surface area contributed by atoms with Crippen LogP contribution in [0.5, 0.6) is 0 Å². The molecule has 0 aliphatic carbocycles. The summed E-state index contributed by atoms with van der Waals surface area (Å²) in [5, 5.41) is 17.3. The van der Waals surface area contributed by atoms with Crippen molar-refractivity contribution in [1.82, 2.24) is 30.4 Å². The van der Waals surface area contributed by atoms with E-state index in [1.165, 1.54) is 5.56 Å². The van der Waals surface area contributed by atoms with Crippen LogP contribution >= 0.6 is 0 Å². The van der Waals surface area contributed by atoms with Gasteiger partial charge in [-0.25, -0.2) is 13.9 Å². The Morgan fingerprint density at radius 1 is 1.15 bits per heavy atom. The first-order valence-corrected chi connectivity index (χ1v) is 11.4. The topological polar surface area (TPSA) is 88.0 Å². The minimum absolute atomic E-state index is 0.177. The van der Waals surface area contributed by atoms with Gasteiger partial charge in [0, 0.05) is 24.8 Å². The predicted molar refractivity (Wildman–Crippen MR) is 125 cm³/mol. The number of hydrogen-bond acceptors (Lipinski definition) is 5. The van der Waals surface area contributed by atoms with Gasteiger partial charge in [0.2, 0.25) is 0 Å². The molecule has 33 heavy (non-hydrogen) atoms. The molecular weight excluding hydrogens is 421 g/mol. The summed E-state index contributed by atoms with van der Waals surface area (Å²) in [5.74, 6) is 1.12. The van der Waals surface area contributed by atoms with Crippen LogP contribution in [-0.4, -0.2) is 57.3 Å². The van der Waals surface area contributed by atoms with Crippen molar-refractivity contribution < 1.29 is 9.18 Å². The van der Waals surface area contributed by atoms with Crippen molar-refractivity contribution in [3.8, 4) is 11.4 Å². The molecule has 0 atom stereocenters. The largest absolute Gasteiger partial charge is 0.338 e. The molecule has 2 N–H and O–H groups in total. The van der Waals surface area contributed by atoms with Gasteiger partial charge in [0.25, 0.3) is 0 Å². The summed E-state index contributed by atoms with van der Waals surface area (Å²) in [4.78, 5) is 14.7. The van der Waals surface area contributed by atoms with Crippen LogP contribution in [0, 0.1) is 11.7 Å². The van der Waals surface area contributed by atoms with Crippen molar-refractivity contribution in [3.63, 3.8) is 0 Å². The van der Waals surface area contributed by atoms with Gasteiger partial charge in [-0.2, -0.15) is 0 Å². The van der Waals surface area contributed by atoms with Crippen LogP contribution in [0.4, 0.5) is 14.9 Å². The maximum Gasteiger partial charge on any atom is 0.319 e. The van der Waals surface area contributed by atoms with Crippen molar-refractivity contribution in [2.45, 2.75) is 25.7 Å². The standard InChI is InChI=1S/C24H30FN7O/c1-31-23(28-29-30-31)20-4-2-5-22(17-20)27-24(33)26-12-3-13-32-14-10-19(11-15-32)16-18-6-8-21(25)9-7-18/h2,4-9,17,19H,3,10-16H2,1H3,(H2,26,27,33). The number of likely N-dealkylation sites (tertiary alicyclic amines) is 1. The maximum absolute atomic E-state index is 13.1. The first kappa shape index (κ1) is 22.8. The molecule has 1 aliphatic heterocycles. The van der Waals surface area contributed by atoms with Gasteiger partial charge in [-0.1, -0.05) is 24.3 Å². The van der Waals surface area contributed by atoms with Gasteiger partial charge in [-0.15, -0.1) is 5.10 Å².